The van der Waals surface area contributed by atoms with E-state index in [1.165, 1.54) is 18.2 Å². The molecule has 17 heavy (non-hydrogen) atoms. The van der Waals surface area contributed by atoms with Gasteiger partial charge in [-0.3, -0.25) is 4.90 Å². The van der Waals surface area contributed by atoms with Gasteiger partial charge in [0.2, 0.25) is 5.76 Å². The van der Waals surface area contributed by atoms with Gasteiger partial charge < -0.3 is 9.52 Å². The number of carboxylic acid groups (broad SMARTS) is 1. The molecule has 1 aromatic rings. The number of thioether (sulfide) groups is 1. The zero-order chi connectivity index (χ0) is 12.3. The second-order valence-corrected chi connectivity index (χ2v) is 5.41. The lowest BCUT2D eigenvalue weighted by atomic mass is 10.2. The van der Waals surface area contributed by atoms with E-state index >= 15 is 0 Å². The molecule has 94 valence electrons. The molecule has 0 radical (unpaired) electrons. The van der Waals surface area contributed by atoms with E-state index in [0.29, 0.717) is 0 Å². The van der Waals surface area contributed by atoms with Crippen molar-refractivity contribution in [3.63, 3.8) is 0 Å². The minimum absolute atomic E-state index is 0.0241. The van der Waals surface area contributed by atoms with Gasteiger partial charge in [0.25, 0.3) is 0 Å². The van der Waals surface area contributed by atoms with Crippen molar-refractivity contribution >= 4 is 17.7 Å². The van der Waals surface area contributed by atoms with Crippen molar-refractivity contribution in [2.45, 2.75) is 19.4 Å². The normalized spacial score (nSPS) is 19.8. The summed E-state index contributed by atoms with van der Waals surface area (Å²) in [7, 11) is 0. The highest BCUT2D eigenvalue weighted by atomic mass is 32.2. The van der Waals surface area contributed by atoms with Gasteiger partial charge in [0.05, 0.1) is 6.04 Å². The Kier molecular flexibility index (Phi) is 4.12. The van der Waals surface area contributed by atoms with Crippen LogP contribution in [0, 0.1) is 0 Å². The van der Waals surface area contributed by atoms with Crippen molar-refractivity contribution in [3.05, 3.63) is 23.7 Å². The maximum Gasteiger partial charge on any atom is 0.371 e. The third-order valence-electron chi connectivity index (χ3n) is 3.05. The van der Waals surface area contributed by atoms with Crippen LogP contribution >= 0.6 is 11.8 Å². The fourth-order valence-corrected chi connectivity index (χ4v) is 2.93. The average molecular weight is 255 g/mol. The SMILES string of the molecule is CC(c1ccc(C(=O)O)o1)N1CCCSCC1. The highest BCUT2D eigenvalue weighted by molar-refractivity contribution is 7.99. The Balaban J connectivity index is 2.06. The molecule has 4 nitrogen and oxygen atoms in total. The highest BCUT2D eigenvalue weighted by Gasteiger charge is 2.21. The molecule has 1 unspecified atom stereocenters. The van der Waals surface area contributed by atoms with Gasteiger partial charge in [-0.15, -0.1) is 0 Å². The largest absolute Gasteiger partial charge is 0.475 e. The van der Waals surface area contributed by atoms with Crippen LogP contribution in [0.1, 0.15) is 35.7 Å². The molecule has 1 aliphatic rings. The van der Waals surface area contributed by atoms with E-state index in [2.05, 4.69) is 11.8 Å². The first-order valence-electron chi connectivity index (χ1n) is 5.83. The maximum absolute atomic E-state index is 10.8. The van der Waals surface area contributed by atoms with Gasteiger partial charge in [-0.2, -0.15) is 11.8 Å². The van der Waals surface area contributed by atoms with Crippen LogP contribution in [0.4, 0.5) is 0 Å². The fraction of sp³-hybridized carbons (Fsp3) is 0.583. The third kappa shape index (κ3) is 3.04. The molecule has 0 spiro atoms. The number of aromatic carboxylic acids is 1. The van der Waals surface area contributed by atoms with Crippen LogP contribution in [-0.2, 0) is 0 Å². The van der Waals surface area contributed by atoms with E-state index < -0.39 is 5.97 Å². The van der Waals surface area contributed by atoms with Gasteiger partial charge in [0.1, 0.15) is 5.76 Å². The number of carboxylic acids is 1. The van der Waals surface area contributed by atoms with Crippen molar-refractivity contribution < 1.29 is 14.3 Å². The molecule has 5 heteroatoms. The van der Waals surface area contributed by atoms with Crippen molar-refractivity contribution in [2.24, 2.45) is 0 Å². The lowest BCUT2D eigenvalue weighted by Crippen LogP contribution is -2.28. The average Bonchev–Trinajstić information content (AvgIpc) is 2.65. The summed E-state index contributed by atoms with van der Waals surface area (Å²) in [4.78, 5) is 13.1. The zero-order valence-electron chi connectivity index (χ0n) is 9.89. The Hall–Kier alpha value is -0.940. The molecule has 1 aromatic heterocycles. The van der Waals surface area contributed by atoms with Gasteiger partial charge in [-0.25, -0.2) is 4.79 Å². The summed E-state index contributed by atoms with van der Waals surface area (Å²) >= 11 is 1.98. The number of hydrogen-bond acceptors (Lipinski definition) is 4. The third-order valence-corrected chi connectivity index (χ3v) is 4.10. The first-order chi connectivity index (χ1) is 8.18. The molecule has 2 rings (SSSR count). The van der Waals surface area contributed by atoms with Gasteiger partial charge in [0, 0.05) is 12.3 Å². The van der Waals surface area contributed by atoms with E-state index in [4.69, 9.17) is 9.52 Å². The van der Waals surface area contributed by atoms with Crippen LogP contribution in [0.25, 0.3) is 0 Å². The van der Waals surface area contributed by atoms with Crippen LogP contribution in [0.2, 0.25) is 0 Å². The molecule has 1 N–H and O–H groups in total. The van der Waals surface area contributed by atoms with Crippen molar-refractivity contribution in [1.29, 1.82) is 0 Å². The molecule has 1 atom stereocenters. The van der Waals surface area contributed by atoms with Crippen LogP contribution in [0.5, 0.6) is 0 Å². The Bertz CT molecular complexity index is 383. The smallest absolute Gasteiger partial charge is 0.371 e. The van der Waals surface area contributed by atoms with Crippen LogP contribution in [0.3, 0.4) is 0 Å². The van der Waals surface area contributed by atoms with E-state index in [1.54, 1.807) is 6.07 Å². The molecule has 0 saturated carbocycles. The van der Waals surface area contributed by atoms with Crippen molar-refractivity contribution in [2.75, 3.05) is 24.6 Å². The van der Waals surface area contributed by atoms with Gasteiger partial charge in [-0.1, -0.05) is 0 Å². The molecular formula is C12H17NO3S. The van der Waals surface area contributed by atoms with Crippen LogP contribution in [0.15, 0.2) is 16.5 Å². The van der Waals surface area contributed by atoms with E-state index in [9.17, 15) is 4.79 Å². The molecule has 0 aliphatic carbocycles. The zero-order valence-corrected chi connectivity index (χ0v) is 10.7. The van der Waals surface area contributed by atoms with E-state index in [1.807, 2.05) is 11.8 Å². The molecular weight excluding hydrogens is 238 g/mol. The van der Waals surface area contributed by atoms with Crippen LogP contribution < -0.4 is 0 Å². The number of nitrogens with zero attached hydrogens (tertiary/aromatic N) is 1. The number of furan rings is 1. The Morgan fingerprint density at radius 1 is 1.47 bits per heavy atom. The monoisotopic (exact) mass is 255 g/mol. The summed E-state index contributed by atoms with van der Waals surface area (Å²) in [5, 5.41) is 8.82. The van der Waals surface area contributed by atoms with Gasteiger partial charge >= 0.3 is 5.97 Å². The van der Waals surface area contributed by atoms with Crippen molar-refractivity contribution in [3.8, 4) is 0 Å². The van der Waals surface area contributed by atoms with Gasteiger partial charge in [-0.05, 0) is 37.8 Å². The fourth-order valence-electron chi connectivity index (χ4n) is 2.02. The maximum atomic E-state index is 10.8. The summed E-state index contributed by atoms with van der Waals surface area (Å²) in [5.74, 6) is 2.11. The quantitative estimate of drug-likeness (QED) is 0.899. The standard InChI is InChI=1S/C12H17NO3S/c1-9(13-5-2-7-17-8-6-13)10-3-4-11(16-10)12(14)15/h3-4,9H,2,5-8H2,1H3,(H,14,15). The van der Waals surface area contributed by atoms with Crippen molar-refractivity contribution in [1.82, 2.24) is 4.90 Å². The molecule has 0 amide bonds. The number of hydrogen-bond donors (Lipinski definition) is 1. The first kappa shape index (κ1) is 12.5. The van der Waals surface area contributed by atoms with Gasteiger partial charge in [0.15, 0.2) is 0 Å². The molecule has 2 heterocycles. The summed E-state index contributed by atoms with van der Waals surface area (Å²) < 4.78 is 5.35. The lowest BCUT2D eigenvalue weighted by Gasteiger charge is -2.25. The molecule has 0 bridgehead atoms. The number of carbonyl (C=O) groups is 1. The second kappa shape index (κ2) is 5.60. The number of rotatable bonds is 3. The Morgan fingerprint density at radius 2 is 2.29 bits per heavy atom. The van der Waals surface area contributed by atoms with E-state index in [-0.39, 0.29) is 11.8 Å². The predicted molar refractivity (Wildman–Crippen MR) is 67.6 cm³/mol. The molecule has 1 aliphatic heterocycles. The van der Waals surface area contributed by atoms with E-state index in [0.717, 1.165) is 24.6 Å². The molecule has 0 aromatic carbocycles. The Morgan fingerprint density at radius 3 is 3.00 bits per heavy atom. The topological polar surface area (TPSA) is 53.7 Å². The Labute approximate surface area is 105 Å². The lowest BCUT2D eigenvalue weighted by molar-refractivity contribution is 0.0656. The first-order valence-corrected chi connectivity index (χ1v) is 6.99. The highest BCUT2D eigenvalue weighted by Crippen LogP contribution is 2.24. The summed E-state index contributed by atoms with van der Waals surface area (Å²) in [6, 6.07) is 3.45. The molecule has 1 saturated heterocycles. The minimum Gasteiger partial charge on any atom is -0.475 e. The van der Waals surface area contributed by atoms with Crippen LogP contribution in [-0.4, -0.2) is 40.6 Å². The molecule has 1 fully saturated rings. The summed E-state index contributed by atoms with van der Waals surface area (Å²) in [5.41, 5.74) is 0. The predicted octanol–water partition coefficient (Wildman–Crippen LogP) is 2.48. The second-order valence-electron chi connectivity index (χ2n) is 4.19. The minimum atomic E-state index is -1.00. The summed E-state index contributed by atoms with van der Waals surface area (Å²) in [6.07, 6.45) is 1.18. The summed E-state index contributed by atoms with van der Waals surface area (Å²) in [6.45, 7) is 4.16.